The first-order valence-electron chi connectivity index (χ1n) is 8.46. The van der Waals surface area contributed by atoms with E-state index in [0.29, 0.717) is 17.0 Å². The molecule has 4 nitrogen and oxygen atoms in total. The normalized spacial score (nSPS) is 12.0. The van der Waals surface area contributed by atoms with Gasteiger partial charge in [-0.1, -0.05) is 32.4 Å². The number of hydrogen-bond acceptors (Lipinski definition) is 3. The number of amides is 1. The zero-order valence-corrected chi connectivity index (χ0v) is 14.9. The molecule has 4 heteroatoms. The zero-order valence-electron chi connectivity index (χ0n) is 14.9. The number of hydrogen-bond donors (Lipinski definition) is 2. The van der Waals surface area contributed by atoms with Crippen molar-refractivity contribution < 1.29 is 9.90 Å². The summed E-state index contributed by atoms with van der Waals surface area (Å²) in [5.74, 6) is 0.339. The molecule has 0 spiro atoms. The number of carbonyl (C=O) groups excluding carboxylic acids is 1. The first-order valence-corrected chi connectivity index (χ1v) is 8.46. The highest BCUT2D eigenvalue weighted by Crippen LogP contribution is 2.21. The van der Waals surface area contributed by atoms with Crippen molar-refractivity contribution >= 4 is 5.91 Å². The van der Waals surface area contributed by atoms with Crippen LogP contribution in [-0.4, -0.2) is 16.0 Å². The van der Waals surface area contributed by atoms with Gasteiger partial charge in [0.25, 0.3) is 5.91 Å². The number of rotatable bonds is 6. The summed E-state index contributed by atoms with van der Waals surface area (Å²) in [6, 6.07) is 9.65. The standard InChI is InChI=1S/C20H26N2O2/c1-5-6-13(2)16-7-9-17(10-8-16)19(23)21-12-18-14(3)11-15(4)22-20(18)24/h7-11,13H,5-6,12H2,1-4H3,(H,21,23)(H,22,24). The minimum absolute atomic E-state index is 0.0171. The maximum absolute atomic E-state index is 12.3. The Morgan fingerprint density at radius 3 is 2.50 bits per heavy atom. The molecule has 24 heavy (non-hydrogen) atoms. The quantitative estimate of drug-likeness (QED) is 0.834. The van der Waals surface area contributed by atoms with Crippen LogP contribution in [0.3, 0.4) is 0 Å². The van der Waals surface area contributed by atoms with Gasteiger partial charge >= 0.3 is 0 Å². The van der Waals surface area contributed by atoms with E-state index in [1.54, 1.807) is 0 Å². The van der Waals surface area contributed by atoms with Crippen molar-refractivity contribution in [2.45, 2.75) is 53.0 Å². The van der Waals surface area contributed by atoms with Crippen LogP contribution in [0.5, 0.6) is 5.88 Å². The molecule has 1 aromatic heterocycles. The SMILES string of the molecule is CCCC(C)c1ccc(C(=O)NCc2c(C)cc(C)nc2O)cc1. The molecule has 2 aromatic rings. The van der Waals surface area contributed by atoms with E-state index in [1.807, 2.05) is 44.2 Å². The van der Waals surface area contributed by atoms with Crippen molar-refractivity contribution in [3.05, 3.63) is 58.3 Å². The highest BCUT2D eigenvalue weighted by molar-refractivity contribution is 5.94. The van der Waals surface area contributed by atoms with Gasteiger partial charge < -0.3 is 10.4 Å². The first kappa shape index (κ1) is 18.0. The minimum atomic E-state index is -0.149. The third kappa shape index (κ3) is 4.34. The van der Waals surface area contributed by atoms with Crippen molar-refractivity contribution in [2.24, 2.45) is 0 Å². The van der Waals surface area contributed by atoms with Crippen LogP contribution in [0.25, 0.3) is 0 Å². The smallest absolute Gasteiger partial charge is 0.251 e. The van der Waals surface area contributed by atoms with Crippen molar-refractivity contribution in [3.8, 4) is 5.88 Å². The second-order valence-electron chi connectivity index (χ2n) is 6.38. The second kappa shape index (κ2) is 7.95. The number of pyridine rings is 1. The summed E-state index contributed by atoms with van der Waals surface area (Å²) < 4.78 is 0. The van der Waals surface area contributed by atoms with E-state index in [1.165, 1.54) is 5.56 Å². The predicted octanol–water partition coefficient (Wildman–Crippen LogP) is 4.24. The Morgan fingerprint density at radius 2 is 1.92 bits per heavy atom. The van der Waals surface area contributed by atoms with Crippen LogP contribution in [0.15, 0.2) is 30.3 Å². The largest absolute Gasteiger partial charge is 0.493 e. The number of aromatic nitrogens is 1. The van der Waals surface area contributed by atoms with E-state index in [0.717, 1.165) is 24.1 Å². The van der Waals surface area contributed by atoms with Gasteiger partial charge in [-0.2, -0.15) is 0 Å². The molecule has 128 valence electrons. The molecule has 1 amide bonds. The molecule has 0 aliphatic carbocycles. The summed E-state index contributed by atoms with van der Waals surface area (Å²) in [6.07, 6.45) is 2.29. The molecular formula is C20H26N2O2. The summed E-state index contributed by atoms with van der Waals surface area (Å²) >= 11 is 0. The molecule has 2 rings (SSSR count). The zero-order chi connectivity index (χ0) is 17.7. The monoisotopic (exact) mass is 326 g/mol. The first-order chi connectivity index (χ1) is 11.4. The second-order valence-corrected chi connectivity index (χ2v) is 6.38. The average Bonchev–Trinajstić information content (AvgIpc) is 2.54. The lowest BCUT2D eigenvalue weighted by molar-refractivity contribution is 0.0950. The van der Waals surface area contributed by atoms with Gasteiger partial charge in [0.2, 0.25) is 5.88 Å². The van der Waals surface area contributed by atoms with E-state index in [2.05, 4.69) is 24.1 Å². The lowest BCUT2D eigenvalue weighted by atomic mass is 9.95. The highest BCUT2D eigenvalue weighted by Gasteiger charge is 2.11. The maximum atomic E-state index is 12.3. The lowest BCUT2D eigenvalue weighted by Gasteiger charge is -2.12. The molecular weight excluding hydrogens is 300 g/mol. The van der Waals surface area contributed by atoms with Crippen LogP contribution < -0.4 is 5.32 Å². The molecule has 0 saturated heterocycles. The van der Waals surface area contributed by atoms with Crippen LogP contribution in [0, 0.1) is 13.8 Å². The lowest BCUT2D eigenvalue weighted by Crippen LogP contribution is -2.23. The van der Waals surface area contributed by atoms with Crippen molar-refractivity contribution in [3.63, 3.8) is 0 Å². The fourth-order valence-corrected chi connectivity index (χ4v) is 2.90. The van der Waals surface area contributed by atoms with Gasteiger partial charge in [-0.3, -0.25) is 4.79 Å². The molecule has 1 aromatic carbocycles. The summed E-state index contributed by atoms with van der Waals surface area (Å²) in [5, 5.41) is 12.8. The van der Waals surface area contributed by atoms with Crippen LogP contribution in [0.1, 0.15) is 65.3 Å². The average molecular weight is 326 g/mol. The maximum Gasteiger partial charge on any atom is 0.251 e. The Bertz CT molecular complexity index is 685. The van der Waals surface area contributed by atoms with E-state index in [-0.39, 0.29) is 18.3 Å². The summed E-state index contributed by atoms with van der Waals surface area (Å²) in [4.78, 5) is 16.3. The van der Waals surface area contributed by atoms with E-state index in [4.69, 9.17) is 0 Å². The molecule has 0 aliphatic heterocycles. The van der Waals surface area contributed by atoms with Gasteiger partial charge in [-0.05, 0) is 55.5 Å². The van der Waals surface area contributed by atoms with E-state index in [9.17, 15) is 9.90 Å². The van der Waals surface area contributed by atoms with Gasteiger partial charge in [-0.15, -0.1) is 0 Å². The molecule has 0 bridgehead atoms. The van der Waals surface area contributed by atoms with Gasteiger partial charge in [0.1, 0.15) is 0 Å². The van der Waals surface area contributed by atoms with Gasteiger partial charge in [-0.25, -0.2) is 4.98 Å². The fourth-order valence-electron chi connectivity index (χ4n) is 2.90. The predicted molar refractivity (Wildman–Crippen MR) is 96.3 cm³/mol. The van der Waals surface area contributed by atoms with Crippen molar-refractivity contribution in [2.75, 3.05) is 0 Å². The Hall–Kier alpha value is -2.36. The molecule has 0 fully saturated rings. The Morgan fingerprint density at radius 1 is 1.25 bits per heavy atom. The molecule has 2 N–H and O–H groups in total. The van der Waals surface area contributed by atoms with Crippen LogP contribution in [0.4, 0.5) is 0 Å². The van der Waals surface area contributed by atoms with Gasteiger partial charge in [0, 0.05) is 23.4 Å². The molecule has 0 aliphatic rings. The Kier molecular flexibility index (Phi) is 5.96. The van der Waals surface area contributed by atoms with Crippen molar-refractivity contribution in [1.82, 2.24) is 10.3 Å². The fraction of sp³-hybridized carbons (Fsp3) is 0.400. The molecule has 1 unspecified atom stereocenters. The number of aromatic hydroxyl groups is 1. The number of carbonyl (C=O) groups is 1. The number of aryl methyl sites for hydroxylation is 2. The van der Waals surface area contributed by atoms with Crippen molar-refractivity contribution in [1.29, 1.82) is 0 Å². The topological polar surface area (TPSA) is 62.2 Å². The highest BCUT2D eigenvalue weighted by atomic mass is 16.3. The Balaban J connectivity index is 2.03. The number of benzene rings is 1. The van der Waals surface area contributed by atoms with Crippen LogP contribution in [-0.2, 0) is 6.54 Å². The number of nitrogens with zero attached hydrogens (tertiary/aromatic N) is 1. The molecule has 1 heterocycles. The third-order valence-corrected chi connectivity index (χ3v) is 4.34. The van der Waals surface area contributed by atoms with E-state index >= 15 is 0 Å². The summed E-state index contributed by atoms with van der Waals surface area (Å²) in [7, 11) is 0. The third-order valence-electron chi connectivity index (χ3n) is 4.34. The van der Waals surface area contributed by atoms with Gasteiger partial charge in [0.05, 0.1) is 0 Å². The summed E-state index contributed by atoms with van der Waals surface area (Å²) in [6.45, 7) is 8.37. The Labute approximate surface area is 143 Å². The molecule has 0 radical (unpaired) electrons. The molecule has 0 saturated carbocycles. The molecule has 1 atom stereocenters. The number of nitrogens with one attached hydrogen (secondary N) is 1. The minimum Gasteiger partial charge on any atom is -0.493 e. The van der Waals surface area contributed by atoms with E-state index < -0.39 is 0 Å². The van der Waals surface area contributed by atoms with Crippen LogP contribution >= 0.6 is 0 Å². The van der Waals surface area contributed by atoms with Gasteiger partial charge in [0.15, 0.2) is 0 Å². The summed E-state index contributed by atoms with van der Waals surface area (Å²) in [5.41, 5.74) is 4.22. The van der Waals surface area contributed by atoms with Crippen LogP contribution in [0.2, 0.25) is 0 Å².